The second-order valence-electron chi connectivity index (χ2n) is 12.2. The number of rotatable bonds is 0. The Balaban J connectivity index is 2.16. The molecule has 0 aromatic carbocycles. The predicted octanol–water partition coefficient (Wildman–Crippen LogP) is 12.2. The molecule has 0 spiro atoms. The largest absolute Gasteiger partial charge is 0.465 e. The molecule has 0 aromatic rings. The van der Waals surface area contributed by atoms with Crippen molar-refractivity contribution in [3.63, 3.8) is 0 Å². The molecule has 0 fully saturated rings. The van der Waals surface area contributed by atoms with Gasteiger partial charge in [-0.05, 0) is 70.1 Å². The molecule has 1 aliphatic heterocycles. The normalized spacial score (nSPS) is 26.0. The first-order valence-corrected chi connectivity index (χ1v) is 17.2. The van der Waals surface area contributed by atoms with Crippen LogP contribution in [-0.2, 0) is 9.53 Å². The molecule has 222 valence electrons. The van der Waals surface area contributed by atoms with Crippen LogP contribution < -0.4 is 0 Å². The molecular weight excluding hydrogens is 464 g/mol. The summed E-state index contributed by atoms with van der Waals surface area (Å²) < 4.78 is 5.54. The monoisotopic (exact) mass is 531 g/mol. The number of hydrogen-bond acceptors (Lipinski definition) is 2. The highest BCUT2D eigenvalue weighted by Gasteiger charge is 2.07. The van der Waals surface area contributed by atoms with Gasteiger partial charge in [0.05, 0.1) is 6.61 Å². The third-order valence-corrected chi connectivity index (χ3v) is 8.17. The van der Waals surface area contributed by atoms with Crippen LogP contribution in [0.25, 0.3) is 0 Å². The zero-order valence-electron chi connectivity index (χ0n) is 25.7. The summed E-state index contributed by atoms with van der Waals surface area (Å²) in [4.78, 5) is 12.0. The quantitative estimate of drug-likeness (QED) is 0.230. The second kappa shape index (κ2) is 28.9. The van der Waals surface area contributed by atoms with Crippen LogP contribution in [0.15, 0.2) is 24.3 Å². The van der Waals surface area contributed by atoms with Crippen molar-refractivity contribution < 1.29 is 9.53 Å². The van der Waals surface area contributed by atoms with Crippen LogP contribution in [0.5, 0.6) is 0 Å². The third kappa shape index (κ3) is 26.6. The Hall–Kier alpha value is -1.05. The fourth-order valence-corrected chi connectivity index (χ4v) is 5.50. The van der Waals surface area contributed by atoms with E-state index >= 15 is 0 Å². The van der Waals surface area contributed by atoms with E-state index in [1.165, 1.54) is 167 Å². The van der Waals surface area contributed by atoms with Gasteiger partial charge >= 0.3 is 5.97 Å². The molecule has 1 aliphatic rings. The lowest BCUT2D eigenvalue weighted by Crippen LogP contribution is -2.11. The van der Waals surface area contributed by atoms with Crippen LogP contribution >= 0.6 is 0 Å². The van der Waals surface area contributed by atoms with Gasteiger partial charge < -0.3 is 4.74 Å². The molecule has 0 aromatic heterocycles. The number of allylic oxidation sites excluding steroid dienone is 4. The fraction of sp³-hybridized carbons (Fsp3) is 0.861. The van der Waals surface area contributed by atoms with Gasteiger partial charge in [0.1, 0.15) is 0 Å². The average molecular weight is 531 g/mol. The lowest BCUT2D eigenvalue weighted by atomic mass is 10.0. The fourth-order valence-electron chi connectivity index (χ4n) is 5.50. The second-order valence-corrected chi connectivity index (χ2v) is 12.2. The van der Waals surface area contributed by atoms with Crippen LogP contribution in [0, 0.1) is 5.92 Å². The zero-order valence-corrected chi connectivity index (χ0v) is 25.7. The van der Waals surface area contributed by atoms with Crippen molar-refractivity contribution in [2.45, 2.75) is 187 Å². The van der Waals surface area contributed by atoms with E-state index in [0.29, 0.717) is 18.9 Å². The van der Waals surface area contributed by atoms with E-state index in [-0.39, 0.29) is 5.97 Å². The van der Waals surface area contributed by atoms with Crippen molar-refractivity contribution in [2.24, 2.45) is 5.92 Å². The van der Waals surface area contributed by atoms with Gasteiger partial charge in [0.2, 0.25) is 0 Å². The van der Waals surface area contributed by atoms with E-state index in [9.17, 15) is 4.79 Å². The summed E-state index contributed by atoms with van der Waals surface area (Å²) >= 11 is 0. The van der Waals surface area contributed by atoms with Crippen LogP contribution in [0.3, 0.4) is 0 Å². The van der Waals surface area contributed by atoms with Crippen molar-refractivity contribution in [3.8, 4) is 0 Å². The number of carbonyl (C=O) groups is 1. The Bertz CT molecular complexity index is 550. The topological polar surface area (TPSA) is 26.3 Å². The maximum atomic E-state index is 12.0. The Labute approximate surface area is 238 Å². The van der Waals surface area contributed by atoms with Gasteiger partial charge in [-0.25, -0.2) is 0 Å². The minimum absolute atomic E-state index is 0.0158. The number of carbonyl (C=O) groups excluding carboxylic acids is 1. The summed E-state index contributed by atoms with van der Waals surface area (Å²) in [6.45, 7) is 2.83. The van der Waals surface area contributed by atoms with Crippen molar-refractivity contribution in [1.82, 2.24) is 0 Å². The first-order chi connectivity index (χ1) is 18.8. The van der Waals surface area contributed by atoms with Crippen molar-refractivity contribution in [2.75, 3.05) is 6.61 Å². The molecule has 0 radical (unpaired) electrons. The van der Waals surface area contributed by atoms with Gasteiger partial charge in [-0.3, -0.25) is 4.79 Å². The number of ether oxygens (including phenoxy) is 1. The molecule has 0 saturated heterocycles. The highest BCUT2D eigenvalue weighted by molar-refractivity contribution is 5.69. The van der Waals surface area contributed by atoms with E-state index < -0.39 is 0 Å². The highest BCUT2D eigenvalue weighted by Crippen LogP contribution is 2.16. The van der Waals surface area contributed by atoms with E-state index in [2.05, 4.69) is 31.2 Å². The first-order valence-electron chi connectivity index (χ1n) is 17.2. The zero-order chi connectivity index (χ0) is 27.2. The van der Waals surface area contributed by atoms with Crippen molar-refractivity contribution in [1.29, 1.82) is 0 Å². The van der Waals surface area contributed by atoms with E-state index in [1.54, 1.807) is 0 Å². The van der Waals surface area contributed by atoms with Crippen LogP contribution in [0.4, 0.5) is 0 Å². The standard InChI is InChI=1S/C36H66O2/c1-35-32-30-28-26-24-22-20-18-16-14-12-10-8-6-4-2-3-5-7-9-11-13-15-17-19-21-23-25-27-29-31-33-36(37)38-34-35/h4,6,20,22,35H,2-3,5,7-19,21,23-34H2,1H3/b6-4-,22-20-. The Kier molecular flexibility index (Phi) is 26.6. The summed E-state index contributed by atoms with van der Waals surface area (Å²) in [6.07, 6.45) is 46.1. The summed E-state index contributed by atoms with van der Waals surface area (Å²) in [7, 11) is 0. The molecule has 1 atom stereocenters. The molecule has 2 nitrogen and oxygen atoms in total. The van der Waals surface area contributed by atoms with Gasteiger partial charge in [0, 0.05) is 6.42 Å². The molecule has 0 bridgehead atoms. The summed E-state index contributed by atoms with van der Waals surface area (Å²) in [5.74, 6) is 0.504. The molecule has 1 unspecified atom stereocenters. The molecule has 0 amide bonds. The Morgan fingerprint density at radius 2 is 0.789 bits per heavy atom. The smallest absolute Gasteiger partial charge is 0.305 e. The molecule has 1 heterocycles. The minimum Gasteiger partial charge on any atom is -0.465 e. The lowest BCUT2D eigenvalue weighted by molar-refractivity contribution is -0.145. The maximum Gasteiger partial charge on any atom is 0.305 e. The molecule has 0 saturated carbocycles. The summed E-state index contributed by atoms with van der Waals surface area (Å²) in [6, 6.07) is 0. The van der Waals surface area contributed by atoms with Gasteiger partial charge in [0.15, 0.2) is 0 Å². The van der Waals surface area contributed by atoms with Gasteiger partial charge in [0.25, 0.3) is 0 Å². The molecule has 38 heavy (non-hydrogen) atoms. The van der Waals surface area contributed by atoms with Gasteiger partial charge in [-0.15, -0.1) is 0 Å². The number of hydrogen-bond donors (Lipinski definition) is 0. The highest BCUT2D eigenvalue weighted by atomic mass is 16.5. The molecule has 0 aliphatic carbocycles. The van der Waals surface area contributed by atoms with Crippen molar-refractivity contribution >= 4 is 5.97 Å². The minimum atomic E-state index is 0.0158. The Morgan fingerprint density at radius 3 is 1.18 bits per heavy atom. The molecule has 0 N–H and O–H groups in total. The maximum absolute atomic E-state index is 12.0. The summed E-state index contributed by atoms with van der Waals surface area (Å²) in [5.41, 5.74) is 0. The Morgan fingerprint density at radius 1 is 0.474 bits per heavy atom. The molecule has 2 heteroatoms. The SMILES string of the molecule is CC1CCCCC/C=C\CCCCCC/C=C\CCCCCCCCCCCCCCCCCC(=O)OC1. The van der Waals surface area contributed by atoms with Crippen molar-refractivity contribution in [3.05, 3.63) is 24.3 Å². The molecular formula is C36H66O2. The van der Waals surface area contributed by atoms with E-state index in [0.717, 1.165) is 6.42 Å². The van der Waals surface area contributed by atoms with E-state index in [1.807, 2.05) is 0 Å². The average Bonchev–Trinajstić information content (AvgIpc) is 2.92. The summed E-state index contributed by atoms with van der Waals surface area (Å²) in [5, 5.41) is 0. The van der Waals surface area contributed by atoms with Gasteiger partial charge in [-0.2, -0.15) is 0 Å². The number of esters is 1. The van der Waals surface area contributed by atoms with Crippen LogP contribution in [0.1, 0.15) is 187 Å². The van der Waals surface area contributed by atoms with Crippen LogP contribution in [-0.4, -0.2) is 12.6 Å². The van der Waals surface area contributed by atoms with E-state index in [4.69, 9.17) is 4.74 Å². The third-order valence-electron chi connectivity index (χ3n) is 8.17. The van der Waals surface area contributed by atoms with Crippen LogP contribution in [0.2, 0.25) is 0 Å². The lowest BCUT2D eigenvalue weighted by Gasteiger charge is -2.12. The number of cyclic esters (lactones) is 1. The molecule has 1 rings (SSSR count). The predicted molar refractivity (Wildman–Crippen MR) is 168 cm³/mol. The van der Waals surface area contributed by atoms with Gasteiger partial charge in [-0.1, -0.05) is 140 Å². The first kappa shape index (κ1) is 35.0.